The van der Waals surface area contributed by atoms with Crippen LogP contribution < -0.4 is 4.90 Å². The number of anilines is 1. The predicted molar refractivity (Wildman–Crippen MR) is 85.7 cm³/mol. The number of alkyl halides is 1. The van der Waals surface area contributed by atoms with Crippen molar-refractivity contribution in [2.24, 2.45) is 0 Å². The van der Waals surface area contributed by atoms with Gasteiger partial charge in [0.15, 0.2) is 0 Å². The van der Waals surface area contributed by atoms with Crippen molar-refractivity contribution in [3.63, 3.8) is 0 Å². The van der Waals surface area contributed by atoms with Crippen LogP contribution in [0.3, 0.4) is 0 Å². The molecule has 2 rings (SSSR count). The number of likely N-dealkylation sites (N-methyl/N-ethyl adjacent to an activating group) is 1. The lowest BCUT2D eigenvalue weighted by Crippen LogP contribution is -2.55. The zero-order valence-electron chi connectivity index (χ0n) is 11.2. The first-order valence-electron chi connectivity index (χ1n) is 6.34. The van der Waals surface area contributed by atoms with Gasteiger partial charge in [-0.1, -0.05) is 22.0 Å². The highest BCUT2D eigenvalue weighted by Crippen LogP contribution is 2.30. The summed E-state index contributed by atoms with van der Waals surface area (Å²) < 4.78 is 1.20. The molecule has 4 heteroatoms. The molecule has 2 atom stereocenters. The van der Waals surface area contributed by atoms with Crippen molar-refractivity contribution in [1.82, 2.24) is 4.90 Å². The Morgan fingerprint density at radius 3 is 2.33 bits per heavy atom. The van der Waals surface area contributed by atoms with Crippen LogP contribution in [0.1, 0.15) is 19.4 Å². The monoisotopic (exact) mass is 374 g/mol. The van der Waals surface area contributed by atoms with Crippen molar-refractivity contribution in [3.05, 3.63) is 28.2 Å². The van der Waals surface area contributed by atoms with E-state index in [1.807, 2.05) is 0 Å². The van der Waals surface area contributed by atoms with E-state index in [9.17, 15) is 0 Å². The molecular formula is C14H20Br2N2. The molecule has 1 aromatic carbocycles. The highest BCUT2D eigenvalue weighted by Gasteiger charge is 2.27. The van der Waals surface area contributed by atoms with E-state index < -0.39 is 0 Å². The zero-order valence-corrected chi connectivity index (χ0v) is 14.3. The van der Waals surface area contributed by atoms with Crippen LogP contribution >= 0.6 is 31.9 Å². The predicted octanol–water partition coefficient (Wildman–Crippen LogP) is 3.87. The van der Waals surface area contributed by atoms with Crippen LogP contribution in [0.5, 0.6) is 0 Å². The molecule has 0 N–H and O–H groups in total. The highest BCUT2D eigenvalue weighted by molar-refractivity contribution is 9.10. The van der Waals surface area contributed by atoms with E-state index in [1.165, 1.54) is 15.7 Å². The lowest BCUT2D eigenvalue weighted by molar-refractivity contribution is 0.170. The summed E-state index contributed by atoms with van der Waals surface area (Å²) >= 11 is 7.20. The average Bonchev–Trinajstić information content (AvgIpc) is 2.35. The number of nitrogens with zero attached hydrogens (tertiary/aromatic N) is 2. The molecule has 2 nitrogen and oxygen atoms in total. The van der Waals surface area contributed by atoms with Crippen molar-refractivity contribution in [2.75, 3.05) is 25.0 Å². The Hall–Kier alpha value is -0.0600. The van der Waals surface area contributed by atoms with Crippen LogP contribution in [0.15, 0.2) is 22.7 Å². The molecule has 1 fully saturated rings. The van der Waals surface area contributed by atoms with Gasteiger partial charge in [0.25, 0.3) is 0 Å². The first-order valence-corrected chi connectivity index (χ1v) is 8.25. The van der Waals surface area contributed by atoms with Crippen LogP contribution in [0.2, 0.25) is 0 Å². The molecular weight excluding hydrogens is 356 g/mol. The summed E-state index contributed by atoms with van der Waals surface area (Å²) in [5.41, 5.74) is 2.62. The van der Waals surface area contributed by atoms with Gasteiger partial charge in [0, 0.05) is 35.0 Å². The third-order valence-electron chi connectivity index (χ3n) is 3.87. The minimum atomic E-state index is 0.594. The van der Waals surface area contributed by atoms with Crippen molar-refractivity contribution >= 4 is 37.5 Å². The molecule has 2 unspecified atom stereocenters. The van der Waals surface area contributed by atoms with Crippen LogP contribution in [0, 0.1) is 0 Å². The van der Waals surface area contributed by atoms with E-state index in [-0.39, 0.29) is 0 Å². The fraction of sp³-hybridized carbons (Fsp3) is 0.571. The summed E-state index contributed by atoms with van der Waals surface area (Å²) in [7, 11) is 2.22. The van der Waals surface area contributed by atoms with Gasteiger partial charge < -0.3 is 4.90 Å². The molecule has 0 radical (unpaired) electrons. The maximum atomic E-state index is 3.70. The first-order chi connectivity index (χ1) is 8.52. The average molecular weight is 376 g/mol. The third-order valence-corrected chi connectivity index (χ3v) is 5.15. The van der Waals surface area contributed by atoms with Crippen LogP contribution in [-0.2, 0) is 5.33 Å². The maximum Gasteiger partial charge on any atom is 0.0511 e. The van der Waals surface area contributed by atoms with Gasteiger partial charge in [-0.2, -0.15) is 0 Å². The number of hydrogen-bond donors (Lipinski definition) is 0. The second kappa shape index (κ2) is 5.93. The third kappa shape index (κ3) is 2.91. The van der Waals surface area contributed by atoms with Gasteiger partial charge in [0.2, 0.25) is 0 Å². The molecule has 0 spiro atoms. The van der Waals surface area contributed by atoms with Crippen molar-refractivity contribution in [2.45, 2.75) is 31.3 Å². The van der Waals surface area contributed by atoms with Gasteiger partial charge in [-0.15, -0.1) is 0 Å². The van der Waals surface area contributed by atoms with Crippen LogP contribution in [0.25, 0.3) is 0 Å². The smallest absolute Gasteiger partial charge is 0.0511 e. The maximum absolute atomic E-state index is 3.70. The number of piperazine rings is 1. The molecule has 1 aliphatic heterocycles. The quantitative estimate of drug-likeness (QED) is 0.724. The Labute approximate surface area is 127 Å². The van der Waals surface area contributed by atoms with E-state index in [0.29, 0.717) is 12.1 Å². The number of halogens is 2. The summed E-state index contributed by atoms with van der Waals surface area (Å²) in [5, 5.41) is 0.904. The molecule has 0 saturated carbocycles. The summed E-state index contributed by atoms with van der Waals surface area (Å²) in [5.74, 6) is 0. The van der Waals surface area contributed by atoms with E-state index in [2.05, 4.69) is 80.8 Å². The molecule has 0 aliphatic carbocycles. The number of benzene rings is 1. The molecule has 0 bridgehead atoms. The van der Waals surface area contributed by atoms with Crippen LogP contribution in [0.4, 0.5) is 5.69 Å². The Morgan fingerprint density at radius 2 is 1.83 bits per heavy atom. The fourth-order valence-corrected chi connectivity index (χ4v) is 3.52. The molecule has 1 saturated heterocycles. The second-order valence-corrected chi connectivity index (χ2v) is 6.60. The zero-order chi connectivity index (χ0) is 13.3. The Bertz CT molecular complexity index is 410. The van der Waals surface area contributed by atoms with Crippen LogP contribution in [-0.4, -0.2) is 37.1 Å². The minimum Gasteiger partial charge on any atom is -0.368 e. The fourth-order valence-electron chi connectivity index (χ4n) is 2.49. The van der Waals surface area contributed by atoms with Gasteiger partial charge >= 0.3 is 0 Å². The summed E-state index contributed by atoms with van der Waals surface area (Å²) in [6.07, 6.45) is 0. The Kier molecular flexibility index (Phi) is 4.73. The molecule has 18 heavy (non-hydrogen) atoms. The lowest BCUT2D eigenvalue weighted by atomic mass is 10.1. The molecule has 0 amide bonds. The van der Waals surface area contributed by atoms with Gasteiger partial charge in [-0.3, -0.25) is 4.90 Å². The standard InChI is InChI=1S/C14H20Br2N2/c1-10-8-18(9-11(2)17(10)3)14-5-4-12(7-15)6-13(14)16/h4-6,10-11H,7-9H2,1-3H3. The van der Waals surface area contributed by atoms with E-state index in [4.69, 9.17) is 0 Å². The van der Waals surface area contributed by atoms with Crippen molar-refractivity contribution in [1.29, 1.82) is 0 Å². The van der Waals surface area contributed by atoms with E-state index in [1.54, 1.807) is 0 Å². The topological polar surface area (TPSA) is 6.48 Å². The normalized spacial score (nSPS) is 25.5. The number of rotatable bonds is 2. The highest BCUT2D eigenvalue weighted by atomic mass is 79.9. The van der Waals surface area contributed by atoms with Crippen molar-refractivity contribution in [3.8, 4) is 0 Å². The minimum absolute atomic E-state index is 0.594. The number of hydrogen-bond acceptors (Lipinski definition) is 2. The van der Waals surface area contributed by atoms with Gasteiger partial charge in [-0.25, -0.2) is 0 Å². The van der Waals surface area contributed by atoms with E-state index >= 15 is 0 Å². The van der Waals surface area contributed by atoms with Crippen molar-refractivity contribution < 1.29 is 0 Å². The first kappa shape index (κ1) is 14.4. The second-order valence-electron chi connectivity index (χ2n) is 5.19. The largest absolute Gasteiger partial charge is 0.368 e. The van der Waals surface area contributed by atoms with E-state index in [0.717, 1.165) is 18.4 Å². The molecule has 1 aliphatic rings. The summed E-state index contributed by atoms with van der Waals surface area (Å²) in [6, 6.07) is 7.82. The summed E-state index contributed by atoms with van der Waals surface area (Å²) in [6.45, 7) is 6.77. The van der Waals surface area contributed by atoms with Gasteiger partial charge in [-0.05, 0) is 54.5 Å². The molecule has 1 aromatic rings. The molecule has 1 heterocycles. The summed E-state index contributed by atoms with van der Waals surface area (Å²) in [4.78, 5) is 4.94. The molecule has 0 aromatic heterocycles. The Morgan fingerprint density at radius 1 is 1.22 bits per heavy atom. The lowest BCUT2D eigenvalue weighted by Gasteiger charge is -2.43. The Balaban J connectivity index is 2.21. The van der Waals surface area contributed by atoms with Gasteiger partial charge in [0.05, 0.1) is 5.69 Å². The van der Waals surface area contributed by atoms with Gasteiger partial charge in [0.1, 0.15) is 0 Å². The molecule has 100 valence electrons. The SMILES string of the molecule is CC1CN(c2ccc(CBr)cc2Br)CC(C)N1C.